The van der Waals surface area contributed by atoms with Crippen LogP contribution < -0.4 is 0 Å². The molecule has 2 rings (SSSR count). The predicted molar refractivity (Wildman–Crippen MR) is 68.3 cm³/mol. The van der Waals surface area contributed by atoms with Crippen LogP contribution in [0.1, 0.15) is 16.1 Å². The summed E-state index contributed by atoms with van der Waals surface area (Å²) in [5.41, 5.74) is 1.55. The molecule has 0 atom stereocenters. The van der Waals surface area contributed by atoms with Crippen LogP contribution in [0.3, 0.4) is 0 Å². The highest BCUT2D eigenvalue weighted by atomic mass is 79.9. The number of aryl methyl sites for hydroxylation is 1. The molecular formula is C11H8BrClN2O2. The van der Waals surface area contributed by atoms with Crippen LogP contribution in [-0.2, 0) is 4.74 Å². The summed E-state index contributed by atoms with van der Waals surface area (Å²) in [5, 5.41) is 0.919. The molecule has 0 spiro atoms. The lowest BCUT2D eigenvalue weighted by Crippen LogP contribution is -2.04. The Hall–Kier alpha value is -1.20. The first-order valence-electron chi connectivity index (χ1n) is 4.74. The number of rotatable bonds is 1. The molecule has 2 aromatic heterocycles. The molecule has 0 saturated heterocycles. The molecule has 0 radical (unpaired) electrons. The Morgan fingerprint density at radius 2 is 2.24 bits per heavy atom. The van der Waals surface area contributed by atoms with Gasteiger partial charge in [-0.25, -0.2) is 14.8 Å². The van der Waals surface area contributed by atoms with E-state index in [9.17, 15) is 4.79 Å². The van der Waals surface area contributed by atoms with E-state index in [2.05, 4.69) is 30.6 Å². The van der Waals surface area contributed by atoms with Gasteiger partial charge in [-0.2, -0.15) is 0 Å². The molecule has 0 aromatic carbocycles. The highest BCUT2D eigenvalue weighted by Gasteiger charge is 2.15. The number of nitrogens with zero attached hydrogens (tertiary/aromatic N) is 2. The van der Waals surface area contributed by atoms with E-state index < -0.39 is 5.97 Å². The summed E-state index contributed by atoms with van der Waals surface area (Å²) in [6.07, 6.45) is 1.37. The SMILES string of the molecule is COC(=O)c1cnc2nc(C)c(Br)cc2c1Cl. The Morgan fingerprint density at radius 3 is 2.88 bits per heavy atom. The number of esters is 1. The molecule has 0 bridgehead atoms. The maximum atomic E-state index is 11.5. The Balaban J connectivity index is 2.75. The van der Waals surface area contributed by atoms with E-state index in [1.807, 2.05) is 6.92 Å². The van der Waals surface area contributed by atoms with Gasteiger partial charge in [0.1, 0.15) is 0 Å². The van der Waals surface area contributed by atoms with Crippen LogP contribution in [-0.4, -0.2) is 23.0 Å². The molecule has 0 aliphatic carbocycles. The van der Waals surface area contributed by atoms with Crippen molar-refractivity contribution in [1.29, 1.82) is 0 Å². The number of carbonyl (C=O) groups is 1. The minimum Gasteiger partial charge on any atom is -0.465 e. The number of pyridine rings is 2. The first-order valence-corrected chi connectivity index (χ1v) is 5.91. The second kappa shape index (κ2) is 4.58. The molecule has 4 nitrogen and oxygen atoms in total. The average Bonchev–Trinajstić information content (AvgIpc) is 2.31. The average molecular weight is 316 g/mol. The van der Waals surface area contributed by atoms with Gasteiger partial charge in [-0.15, -0.1) is 0 Å². The maximum absolute atomic E-state index is 11.5. The molecule has 17 heavy (non-hydrogen) atoms. The molecule has 0 saturated carbocycles. The van der Waals surface area contributed by atoms with Crippen molar-refractivity contribution in [2.75, 3.05) is 7.11 Å². The van der Waals surface area contributed by atoms with Crippen molar-refractivity contribution in [2.24, 2.45) is 0 Å². The highest BCUT2D eigenvalue weighted by Crippen LogP contribution is 2.28. The van der Waals surface area contributed by atoms with Crippen molar-refractivity contribution in [3.05, 3.63) is 33.0 Å². The normalized spacial score (nSPS) is 10.6. The Labute approximate surface area is 111 Å². The number of methoxy groups -OCH3 is 1. The molecule has 0 aliphatic rings. The first-order chi connectivity index (χ1) is 8.04. The lowest BCUT2D eigenvalue weighted by Gasteiger charge is -2.06. The highest BCUT2D eigenvalue weighted by molar-refractivity contribution is 9.10. The van der Waals surface area contributed by atoms with Gasteiger partial charge < -0.3 is 4.74 Å². The van der Waals surface area contributed by atoms with Crippen LogP contribution in [0.25, 0.3) is 11.0 Å². The standard InChI is InChI=1S/C11H8BrClN2O2/c1-5-8(12)3-6-9(13)7(11(16)17-2)4-14-10(6)15-5/h3-4H,1-2H3. The summed E-state index contributed by atoms with van der Waals surface area (Å²) in [6.45, 7) is 1.85. The predicted octanol–water partition coefficient (Wildman–Crippen LogP) is 3.14. The fourth-order valence-corrected chi connectivity index (χ4v) is 1.99. The molecule has 88 valence electrons. The van der Waals surface area contributed by atoms with Gasteiger partial charge in [0.05, 0.1) is 23.4 Å². The van der Waals surface area contributed by atoms with E-state index in [-0.39, 0.29) is 5.56 Å². The van der Waals surface area contributed by atoms with Gasteiger partial charge in [0, 0.05) is 16.1 Å². The van der Waals surface area contributed by atoms with Crippen molar-refractivity contribution in [3.63, 3.8) is 0 Å². The van der Waals surface area contributed by atoms with Crippen LogP contribution in [0.15, 0.2) is 16.7 Å². The Kier molecular flexibility index (Phi) is 3.31. The van der Waals surface area contributed by atoms with Gasteiger partial charge in [0.2, 0.25) is 0 Å². The number of hydrogen-bond donors (Lipinski definition) is 0. The smallest absolute Gasteiger partial charge is 0.340 e. The number of fused-ring (bicyclic) bond motifs is 1. The van der Waals surface area contributed by atoms with Crippen molar-refractivity contribution >= 4 is 44.5 Å². The third-order valence-corrected chi connectivity index (χ3v) is 3.54. The molecule has 0 unspecified atom stereocenters. The van der Waals surface area contributed by atoms with Gasteiger partial charge in [-0.05, 0) is 28.9 Å². The van der Waals surface area contributed by atoms with Gasteiger partial charge in [-0.3, -0.25) is 0 Å². The number of hydrogen-bond acceptors (Lipinski definition) is 4. The van der Waals surface area contributed by atoms with Crippen molar-refractivity contribution in [2.45, 2.75) is 6.92 Å². The fraction of sp³-hybridized carbons (Fsp3) is 0.182. The van der Waals surface area contributed by atoms with E-state index in [1.54, 1.807) is 6.07 Å². The number of carbonyl (C=O) groups excluding carboxylic acids is 1. The summed E-state index contributed by atoms with van der Waals surface area (Å²) < 4.78 is 5.44. The van der Waals surface area contributed by atoms with Crippen molar-refractivity contribution in [1.82, 2.24) is 9.97 Å². The molecule has 0 amide bonds. The third-order valence-electron chi connectivity index (χ3n) is 2.33. The molecule has 0 fully saturated rings. The van der Waals surface area contributed by atoms with Gasteiger partial charge >= 0.3 is 5.97 Å². The number of aromatic nitrogens is 2. The quantitative estimate of drug-likeness (QED) is 0.759. The van der Waals surface area contributed by atoms with Crippen LogP contribution in [0, 0.1) is 6.92 Å². The van der Waals surface area contributed by atoms with Gasteiger partial charge in [0.25, 0.3) is 0 Å². The number of ether oxygens (including phenoxy) is 1. The van der Waals surface area contributed by atoms with Crippen molar-refractivity contribution < 1.29 is 9.53 Å². The van der Waals surface area contributed by atoms with Crippen LogP contribution in [0.2, 0.25) is 5.02 Å². The van der Waals surface area contributed by atoms with Crippen LogP contribution in [0.4, 0.5) is 0 Å². The second-order valence-corrected chi connectivity index (χ2v) is 4.64. The third kappa shape index (κ3) is 2.12. The Bertz CT molecular complexity index is 616. The molecular weight excluding hydrogens is 307 g/mol. The summed E-state index contributed by atoms with van der Waals surface area (Å²) in [5.74, 6) is -0.513. The topological polar surface area (TPSA) is 52.1 Å². The first kappa shape index (κ1) is 12.3. The Morgan fingerprint density at radius 1 is 1.53 bits per heavy atom. The monoisotopic (exact) mass is 314 g/mol. The molecule has 0 N–H and O–H groups in total. The summed E-state index contributed by atoms with van der Waals surface area (Å²) in [4.78, 5) is 19.8. The molecule has 2 aromatic rings. The zero-order valence-corrected chi connectivity index (χ0v) is 11.5. The molecule has 2 heterocycles. The van der Waals surface area contributed by atoms with Gasteiger partial charge in [0.15, 0.2) is 5.65 Å². The lowest BCUT2D eigenvalue weighted by molar-refractivity contribution is 0.0600. The van der Waals surface area contributed by atoms with E-state index in [4.69, 9.17) is 11.6 Å². The lowest BCUT2D eigenvalue weighted by atomic mass is 10.2. The second-order valence-electron chi connectivity index (χ2n) is 3.40. The summed E-state index contributed by atoms with van der Waals surface area (Å²) in [7, 11) is 1.30. The zero-order chi connectivity index (χ0) is 12.6. The zero-order valence-electron chi connectivity index (χ0n) is 9.12. The van der Waals surface area contributed by atoms with E-state index in [1.165, 1.54) is 13.3 Å². The van der Waals surface area contributed by atoms with E-state index in [0.29, 0.717) is 16.1 Å². The molecule has 6 heteroatoms. The minimum absolute atomic E-state index is 0.235. The number of halogens is 2. The van der Waals surface area contributed by atoms with Crippen LogP contribution >= 0.6 is 27.5 Å². The summed E-state index contributed by atoms with van der Waals surface area (Å²) in [6, 6.07) is 1.79. The molecule has 0 aliphatic heterocycles. The van der Waals surface area contributed by atoms with Crippen molar-refractivity contribution in [3.8, 4) is 0 Å². The van der Waals surface area contributed by atoms with E-state index in [0.717, 1.165) is 10.2 Å². The van der Waals surface area contributed by atoms with E-state index >= 15 is 0 Å². The van der Waals surface area contributed by atoms with Crippen LogP contribution in [0.5, 0.6) is 0 Å². The largest absolute Gasteiger partial charge is 0.465 e. The van der Waals surface area contributed by atoms with Gasteiger partial charge in [-0.1, -0.05) is 11.6 Å². The maximum Gasteiger partial charge on any atom is 0.340 e. The minimum atomic E-state index is -0.513. The summed E-state index contributed by atoms with van der Waals surface area (Å²) >= 11 is 9.50. The fourth-order valence-electron chi connectivity index (χ4n) is 1.41.